The number of rotatable bonds is 3. The molecule has 1 aliphatic heterocycles. The molecule has 0 atom stereocenters. The van der Waals surface area contributed by atoms with Crippen molar-refractivity contribution >= 4 is 50.5 Å². The van der Waals surface area contributed by atoms with E-state index in [9.17, 15) is 8.42 Å². The van der Waals surface area contributed by atoms with Gasteiger partial charge >= 0.3 is 0 Å². The molecule has 0 fully saturated rings. The molecule has 0 aliphatic carbocycles. The molecular formula is C20H20ClN5O2S. The Kier molecular flexibility index (Phi) is 5.29. The molecule has 2 aromatic carbocycles. The van der Waals surface area contributed by atoms with Crippen molar-refractivity contribution in [2.24, 2.45) is 0 Å². The van der Waals surface area contributed by atoms with Crippen LogP contribution >= 0.6 is 11.6 Å². The molecule has 4 rings (SSSR count). The first-order valence-electron chi connectivity index (χ1n) is 9.21. The van der Waals surface area contributed by atoms with Crippen LogP contribution < -0.4 is 15.4 Å². The molecule has 0 saturated carbocycles. The number of hydrogen-bond acceptors (Lipinski definition) is 6. The predicted molar refractivity (Wildman–Crippen MR) is 117 cm³/mol. The van der Waals surface area contributed by atoms with Crippen LogP contribution in [0.1, 0.15) is 18.1 Å². The molecule has 0 spiro atoms. The Morgan fingerprint density at radius 2 is 1.93 bits per heavy atom. The summed E-state index contributed by atoms with van der Waals surface area (Å²) in [5.74, 6) is 0.910. The summed E-state index contributed by atoms with van der Waals surface area (Å²) in [5, 5.41) is 6.78. The highest BCUT2D eigenvalue weighted by Gasteiger charge is 2.14. The normalized spacial score (nSPS) is 13.2. The molecule has 2 heterocycles. The fourth-order valence-electron chi connectivity index (χ4n) is 3.08. The van der Waals surface area contributed by atoms with Gasteiger partial charge in [-0.3, -0.25) is 4.72 Å². The summed E-state index contributed by atoms with van der Waals surface area (Å²) in [7, 11) is -3.38. The lowest BCUT2D eigenvalue weighted by Crippen LogP contribution is -2.16. The van der Waals surface area contributed by atoms with E-state index < -0.39 is 10.0 Å². The average Bonchev–Trinajstić information content (AvgIpc) is 2.70. The van der Waals surface area contributed by atoms with Gasteiger partial charge in [0.2, 0.25) is 16.0 Å². The summed E-state index contributed by atoms with van der Waals surface area (Å²) < 4.78 is 26.9. The Labute approximate surface area is 174 Å². The minimum Gasteiger partial charge on any atom is -0.339 e. The predicted octanol–water partition coefficient (Wildman–Crippen LogP) is 4.48. The van der Waals surface area contributed by atoms with Gasteiger partial charge in [-0.25, -0.2) is 13.4 Å². The van der Waals surface area contributed by atoms with Gasteiger partial charge < -0.3 is 10.6 Å². The number of sulfonamides is 1. The van der Waals surface area contributed by atoms with Gasteiger partial charge in [0, 0.05) is 11.4 Å². The first-order chi connectivity index (χ1) is 13.9. The molecule has 1 aromatic heterocycles. The Morgan fingerprint density at radius 1 is 1.10 bits per heavy atom. The van der Waals surface area contributed by atoms with Crippen molar-refractivity contribution in [3.8, 4) is 0 Å². The minimum absolute atomic E-state index is 0.0134. The van der Waals surface area contributed by atoms with E-state index in [0.29, 0.717) is 28.9 Å². The Morgan fingerprint density at radius 3 is 2.76 bits per heavy atom. The molecule has 150 valence electrons. The van der Waals surface area contributed by atoms with E-state index >= 15 is 0 Å². The van der Waals surface area contributed by atoms with Crippen molar-refractivity contribution in [3.05, 3.63) is 64.8 Å². The fraction of sp³-hybridized carbons (Fsp3) is 0.200. The summed E-state index contributed by atoms with van der Waals surface area (Å²) in [5.41, 5.74) is 4.21. The number of benzene rings is 2. The molecule has 3 N–H and O–H groups in total. The van der Waals surface area contributed by atoms with E-state index in [-0.39, 0.29) is 5.75 Å². The summed E-state index contributed by atoms with van der Waals surface area (Å²) >= 11 is 6.26. The summed E-state index contributed by atoms with van der Waals surface area (Å²) in [6.07, 6.45) is 2.95. The molecule has 0 saturated heterocycles. The van der Waals surface area contributed by atoms with Gasteiger partial charge in [0.1, 0.15) is 5.02 Å². The van der Waals surface area contributed by atoms with Gasteiger partial charge in [-0.1, -0.05) is 23.7 Å². The van der Waals surface area contributed by atoms with Crippen LogP contribution in [0.3, 0.4) is 0 Å². The maximum atomic E-state index is 12.1. The topological polar surface area (TPSA) is 96.0 Å². The van der Waals surface area contributed by atoms with Crippen LogP contribution in [-0.4, -0.2) is 24.1 Å². The maximum absolute atomic E-state index is 12.1. The molecule has 3 aromatic rings. The van der Waals surface area contributed by atoms with E-state index in [2.05, 4.69) is 25.3 Å². The molecule has 0 amide bonds. The zero-order valence-corrected chi connectivity index (χ0v) is 17.3. The van der Waals surface area contributed by atoms with Crippen LogP contribution in [0.4, 0.5) is 28.8 Å². The molecule has 1 aliphatic rings. The third-order valence-corrected chi connectivity index (χ3v) is 6.19. The molecular weight excluding hydrogens is 410 g/mol. The van der Waals surface area contributed by atoms with Gasteiger partial charge in [-0.15, -0.1) is 0 Å². The highest BCUT2D eigenvalue weighted by Crippen LogP contribution is 2.29. The number of hydrogen-bond donors (Lipinski definition) is 3. The number of nitrogens with zero attached hydrogens (tertiary/aromatic N) is 2. The van der Waals surface area contributed by atoms with Crippen LogP contribution in [0.15, 0.2) is 48.7 Å². The second-order valence-electron chi connectivity index (χ2n) is 6.72. The van der Waals surface area contributed by atoms with Gasteiger partial charge in [-0.05, 0) is 61.2 Å². The quantitative estimate of drug-likeness (QED) is 0.568. The van der Waals surface area contributed by atoms with Crippen molar-refractivity contribution in [1.29, 1.82) is 0 Å². The van der Waals surface area contributed by atoms with Crippen molar-refractivity contribution in [2.45, 2.75) is 19.8 Å². The van der Waals surface area contributed by atoms with Gasteiger partial charge in [0.25, 0.3) is 0 Å². The van der Waals surface area contributed by atoms with Crippen LogP contribution in [-0.2, 0) is 22.9 Å². The van der Waals surface area contributed by atoms with Crippen LogP contribution in [0.5, 0.6) is 0 Å². The first-order valence-corrected chi connectivity index (χ1v) is 11.2. The molecule has 7 nitrogen and oxygen atoms in total. The monoisotopic (exact) mass is 429 g/mol. The highest BCUT2D eigenvalue weighted by atomic mass is 35.5. The highest BCUT2D eigenvalue weighted by molar-refractivity contribution is 7.92. The fourth-order valence-corrected chi connectivity index (χ4v) is 3.90. The zero-order chi connectivity index (χ0) is 20.4. The van der Waals surface area contributed by atoms with E-state index in [1.165, 1.54) is 6.20 Å². The summed E-state index contributed by atoms with van der Waals surface area (Å²) in [6.45, 7) is 1.61. The average molecular weight is 430 g/mol. The summed E-state index contributed by atoms with van der Waals surface area (Å²) in [6, 6.07) is 13.4. The van der Waals surface area contributed by atoms with Gasteiger partial charge in [0.05, 0.1) is 17.6 Å². The SMILES string of the molecule is CCS(=O)(=O)Nc1ccc2cc1CCc1cccc(c1)Nc1ncc(Cl)c(n1)N2. The number of aromatic nitrogens is 2. The first kappa shape index (κ1) is 19.5. The second kappa shape index (κ2) is 7.88. The van der Waals surface area contributed by atoms with Crippen molar-refractivity contribution < 1.29 is 8.42 Å². The third-order valence-electron chi connectivity index (χ3n) is 4.62. The van der Waals surface area contributed by atoms with Gasteiger partial charge in [-0.2, -0.15) is 4.98 Å². The maximum Gasteiger partial charge on any atom is 0.232 e. The smallest absolute Gasteiger partial charge is 0.232 e. The summed E-state index contributed by atoms with van der Waals surface area (Å²) in [4.78, 5) is 8.70. The lowest BCUT2D eigenvalue weighted by molar-refractivity contribution is 0.602. The number of nitrogens with one attached hydrogen (secondary N) is 3. The van der Waals surface area contributed by atoms with Gasteiger partial charge in [0.15, 0.2) is 5.82 Å². The minimum atomic E-state index is -3.38. The van der Waals surface area contributed by atoms with Crippen LogP contribution in [0.25, 0.3) is 0 Å². The Balaban J connectivity index is 1.80. The zero-order valence-electron chi connectivity index (χ0n) is 15.7. The third kappa shape index (κ3) is 4.60. The van der Waals surface area contributed by atoms with Crippen LogP contribution in [0, 0.1) is 0 Å². The van der Waals surface area contributed by atoms with Crippen molar-refractivity contribution in [2.75, 3.05) is 21.1 Å². The lowest BCUT2D eigenvalue weighted by Gasteiger charge is -2.15. The van der Waals surface area contributed by atoms with Crippen LogP contribution in [0.2, 0.25) is 5.02 Å². The van der Waals surface area contributed by atoms with E-state index in [4.69, 9.17) is 11.6 Å². The van der Waals surface area contributed by atoms with Crippen molar-refractivity contribution in [1.82, 2.24) is 9.97 Å². The second-order valence-corrected chi connectivity index (χ2v) is 9.14. The standard InChI is InChI=1S/C20H20ClN5O2S/c1-2-29(27,28)26-18-9-8-16-11-14(18)7-6-13-4-3-5-15(10-13)24-20-22-12-17(21)19(23-16)25-20/h3-5,8-12,26H,2,6-7H2,1H3,(H2,22,23,24,25). The molecule has 0 radical (unpaired) electrons. The van der Waals surface area contributed by atoms with Crippen molar-refractivity contribution in [3.63, 3.8) is 0 Å². The molecule has 29 heavy (non-hydrogen) atoms. The Hall–Kier alpha value is -2.84. The number of aryl methyl sites for hydroxylation is 2. The molecule has 6 bridgehead atoms. The van der Waals surface area contributed by atoms with E-state index in [1.807, 2.05) is 30.3 Å². The largest absolute Gasteiger partial charge is 0.339 e. The number of halogens is 1. The van der Waals surface area contributed by atoms with E-state index in [0.717, 1.165) is 28.9 Å². The molecule has 0 unspecified atom stereocenters. The lowest BCUT2D eigenvalue weighted by atomic mass is 10.0. The number of anilines is 5. The Bertz CT molecular complexity index is 1170. The number of fused-ring (bicyclic) bond motifs is 6. The molecule has 9 heteroatoms. The van der Waals surface area contributed by atoms with E-state index in [1.54, 1.807) is 19.1 Å².